The van der Waals surface area contributed by atoms with Crippen LogP contribution < -0.4 is 10.5 Å². The number of benzene rings is 1. The number of hydrogen-bond acceptors (Lipinski definition) is 2. The molecule has 0 saturated carbocycles. The molecule has 0 saturated heterocycles. The maximum absolute atomic E-state index is 5.58. The molecule has 0 aromatic heterocycles. The van der Waals surface area contributed by atoms with Gasteiger partial charge in [0.2, 0.25) is 0 Å². The zero-order valence-electron chi connectivity index (χ0n) is 7.30. The predicted molar refractivity (Wildman–Crippen MR) is 55.0 cm³/mol. The van der Waals surface area contributed by atoms with Crippen LogP contribution >= 0.6 is 11.6 Å². The van der Waals surface area contributed by atoms with Gasteiger partial charge in [-0.1, -0.05) is 11.8 Å². The van der Waals surface area contributed by atoms with Crippen LogP contribution in [0, 0.1) is 11.8 Å². The Hall–Kier alpha value is -1.33. The van der Waals surface area contributed by atoms with Gasteiger partial charge >= 0.3 is 0 Å². The summed E-state index contributed by atoms with van der Waals surface area (Å²) >= 11 is 5.44. The molecule has 0 unspecified atom stereocenters. The highest BCUT2D eigenvalue weighted by Gasteiger charge is 1.98. The van der Waals surface area contributed by atoms with Gasteiger partial charge in [0.15, 0.2) is 0 Å². The molecule has 2 nitrogen and oxygen atoms in total. The first kappa shape index (κ1) is 9.76. The zero-order valence-corrected chi connectivity index (χ0v) is 8.06. The highest BCUT2D eigenvalue weighted by atomic mass is 35.5. The van der Waals surface area contributed by atoms with Gasteiger partial charge in [0, 0.05) is 11.8 Å². The number of hydrogen-bond donors (Lipinski definition) is 1. The lowest BCUT2D eigenvalue weighted by molar-refractivity contribution is 0.414. The van der Waals surface area contributed by atoms with Crippen molar-refractivity contribution in [3.63, 3.8) is 0 Å². The van der Waals surface area contributed by atoms with Crippen molar-refractivity contribution in [1.82, 2.24) is 0 Å². The third kappa shape index (κ3) is 2.57. The molecule has 3 heteroatoms. The van der Waals surface area contributed by atoms with Crippen molar-refractivity contribution in [1.29, 1.82) is 0 Å². The van der Waals surface area contributed by atoms with E-state index in [1.54, 1.807) is 19.2 Å². The summed E-state index contributed by atoms with van der Waals surface area (Å²) in [5.41, 5.74) is 7.04. The van der Waals surface area contributed by atoms with Crippen molar-refractivity contribution < 1.29 is 4.74 Å². The highest BCUT2D eigenvalue weighted by molar-refractivity contribution is 6.19. The van der Waals surface area contributed by atoms with Crippen LogP contribution in [-0.2, 0) is 0 Å². The van der Waals surface area contributed by atoms with E-state index in [0.29, 0.717) is 17.3 Å². The second-order valence-corrected chi connectivity index (χ2v) is 2.66. The van der Waals surface area contributed by atoms with Crippen molar-refractivity contribution in [2.24, 2.45) is 0 Å². The lowest BCUT2D eigenvalue weighted by Gasteiger charge is -2.03. The minimum atomic E-state index is 0.313. The van der Waals surface area contributed by atoms with Crippen LogP contribution in [-0.4, -0.2) is 13.0 Å². The SMILES string of the molecule is COc1cc(N)ccc1C#CCCl. The molecule has 68 valence electrons. The van der Waals surface area contributed by atoms with Gasteiger partial charge in [-0.05, 0) is 12.1 Å². The standard InChI is InChI=1S/C10H10ClNO/c1-13-10-7-9(12)5-4-8(10)3-2-6-11/h4-5,7H,6,12H2,1H3. The molecule has 13 heavy (non-hydrogen) atoms. The van der Waals surface area contributed by atoms with E-state index >= 15 is 0 Å². The number of anilines is 1. The van der Waals surface area contributed by atoms with Crippen molar-refractivity contribution in [2.45, 2.75) is 0 Å². The van der Waals surface area contributed by atoms with Crippen LogP contribution in [0.2, 0.25) is 0 Å². The van der Waals surface area contributed by atoms with Crippen LogP contribution in [0.4, 0.5) is 5.69 Å². The number of alkyl halides is 1. The molecular weight excluding hydrogens is 186 g/mol. The van der Waals surface area contributed by atoms with Crippen molar-refractivity contribution in [3.05, 3.63) is 23.8 Å². The highest BCUT2D eigenvalue weighted by Crippen LogP contribution is 2.20. The lowest BCUT2D eigenvalue weighted by atomic mass is 10.2. The Labute approximate surface area is 82.6 Å². The molecule has 0 amide bonds. The molecule has 1 aromatic carbocycles. The molecule has 2 N–H and O–H groups in total. The predicted octanol–water partition coefficient (Wildman–Crippen LogP) is 1.87. The van der Waals surface area contributed by atoms with Crippen molar-refractivity contribution in [3.8, 4) is 17.6 Å². The number of nitrogens with two attached hydrogens (primary N) is 1. The monoisotopic (exact) mass is 195 g/mol. The van der Waals surface area contributed by atoms with Crippen LogP contribution in [0.3, 0.4) is 0 Å². The topological polar surface area (TPSA) is 35.2 Å². The summed E-state index contributed by atoms with van der Waals surface area (Å²) in [6.45, 7) is 0. The molecule has 0 aliphatic rings. The zero-order chi connectivity index (χ0) is 9.68. The molecule has 0 aliphatic heterocycles. The number of methoxy groups -OCH3 is 1. The van der Waals surface area contributed by atoms with Gasteiger partial charge in [-0.15, -0.1) is 11.6 Å². The summed E-state index contributed by atoms with van der Waals surface area (Å²) in [6, 6.07) is 5.33. The Morgan fingerprint density at radius 2 is 2.31 bits per heavy atom. The van der Waals surface area contributed by atoms with E-state index < -0.39 is 0 Å². The number of rotatable bonds is 1. The fraction of sp³-hybridized carbons (Fsp3) is 0.200. The van der Waals surface area contributed by atoms with Gasteiger partial charge < -0.3 is 10.5 Å². The molecule has 0 aliphatic carbocycles. The molecule has 1 aromatic rings. The van der Waals surface area contributed by atoms with Gasteiger partial charge in [0.25, 0.3) is 0 Å². The Balaban J connectivity index is 3.06. The first-order valence-electron chi connectivity index (χ1n) is 3.76. The minimum Gasteiger partial charge on any atom is -0.495 e. The Bertz CT molecular complexity index is 352. The van der Waals surface area contributed by atoms with Crippen LogP contribution in [0.5, 0.6) is 5.75 Å². The lowest BCUT2D eigenvalue weighted by Crippen LogP contribution is -1.91. The Morgan fingerprint density at radius 1 is 1.54 bits per heavy atom. The van der Waals surface area contributed by atoms with Crippen molar-refractivity contribution >= 4 is 17.3 Å². The largest absolute Gasteiger partial charge is 0.495 e. The third-order valence-electron chi connectivity index (χ3n) is 1.52. The number of nitrogen functional groups attached to an aromatic ring is 1. The third-order valence-corrected chi connectivity index (χ3v) is 1.65. The van der Waals surface area contributed by atoms with E-state index in [1.165, 1.54) is 0 Å². The second-order valence-electron chi connectivity index (χ2n) is 2.40. The molecule has 0 radical (unpaired) electrons. The molecule has 0 fully saturated rings. The summed E-state index contributed by atoms with van der Waals surface area (Å²) < 4.78 is 5.10. The molecule has 0 atom stereocenters. The average Bonchev–Trinajstić information content (AvgIpc) is 2.16. The molecule has 1 rings (SSSR count). The van der Waals surface area contributed by atoms with Gasteiger partial charge in [-0.2, -0.15) is 0 Å². The normalized spacial score (nSPS) is 8.77. The van der Waals surface area contributed by atoms with Gasteiger partial charge in [0.05, 0.1) is 18.6 Å². The van der Waals surface area contributed by atoms with Crippen LogP contribution in [0.1, 0.15) is 5.56 Å². The minimum absolute atomic E-state index is 0.313. The van der Waals surface area contributed by atoms with Gasteiger partial charge in [-0.3, -0.25) is 0 Å². The van der Waals surface area contributed by atoms with Crippen LogP contribution in [0.25, 0.3) is 0 Å². The molecule has 0 heterocycles. The number of ether oxygens (including phenoxy) is 1. The molecular formula is C10H10ClNO. The maximum Gasteiger partial charge on any atom is 0.136 e. The molecule has 0 bridgehead atoms. The van der Waals surface area contributed by atoms with E-state index in [1.807, 2.05) is 6.07 Å². The summed E-state index contributed by atoms with van der Waals surface area (Å²) in [7, 11) is 1.58. The van der Waals surface area contributed by atoms with E-state index in [4.69, 9.17) is 22.1 Å². The summed E-state index contributed by atoms with van der Waals surface area (Å²) in [5.74, 6) is 6.62. The number of halogens is 1. The smallest absolute Gasteiger partial charge is 0.136 e. The van der Waals surface area contributed by atoms with E-state index in [9.17, 15) is 0 Å². The fourth-order valence-corrected chi connectivity index (χ4v) is 1.01. The summed E-state index contributed by atoms with van der Waals surface area (Å²) in [5, 5.41) is 0. The summed E-state index contributed by atoms with van der Waals surface area (Å²) in [6.07, 6.45) is 0. The fourth-order valence-electron chi connectivity index (χ4n) is 0.940. The first-order valence-corrected chi connectivity index (χ1v) is 4.29. The van der Waals surface area contributed by atoms with Gasteiger partial charge in [0.1, 0.15) is 5.75 Å². The summed E-state index contributed by atoms with van der Waals surface area (Å²) in [4.78, 5) is 0. The average molecular weight is 196 g/mol. The maximum atomic E-state index is 5.58. The molecule has 0 spiro atoms. The Morgan fingerprint density at radius 3 is 2.92 bits per heavy atom. The quantitative estimate of drug-likeness (QED) is 0.422. The second kappa shape index (κ2) is 4.64. The van der Waals surface area contributed by atoms with Crippen molar-refractivity contribution in [2.75, 3.05) is 18.7 Å². The first-order chi connectivity index (χ1) is 6.27. The van der Waals surface area contributed by atoms with E-state index in [0.717, 1.165) is 5.56 Å². The van der Waals surface area contributed by atoms with Crippen LogP contribution in [0.15, 0.2) is 18.2 Å². The van der Waals surface area contributed by atoms with Gasteiger partial charge in [-0.25, -0.2) is 0 Å². The van der Waals surface area contributed by atoms with E-state index in [2.05, 4.69) is 11.8 Å². The Kier molecular flexibility index (Phi) is 3.48. The van der Waals surface area contributed by atoms with E-state index in [-0.39, 0.29) is 0 Å².